The molecule has 4 rings (SSSR count). The minimum absolute atomic E-state index is 0.0867. The van der Waals surface area contributed by atoms with Crippen molar-refractivity contribution in [2.24, 2.45) is 5.92 Å². The van der Waals surface area contributed by atoms with Gasteiger partial charge in [0.05, 0.1) is 18.8 Å². The summed E-state index contributed by atoms with van der Waals surface area (Å²) in [6, 6.07) is 0. The molecule has 2 aliphatic rings. The average molecular weight is 473 g/mol. The van der Waals surface area contributed by atoms with Crippen LogP contribution < -0.4 is 11.1 Å². The number of hydrogen-bond donors (Lipinski definition) is 5. The van der Waals surface area contributed by atoms with E-state index in [0.717, 1.165) is 0 Å². The molecule has 4 atom stereocenters. The van der Waals surface area contributed by atoms with E-state index in [-0.39, 0.29) is 28.7 Å². The number of aliphatic carboxylic acids is 1. The molecule has 0 radical (unpaired) electrons. The van der Waals surface area contributed by atoms with E-state index < -0.39 is 36.4 Å². The van der Waals surface area contributed by atoms with E-state index in [4.69, 9.17) is 15.6 Å². The summed E-state index contributed by atoms with van der Waals surface area (Å²) >= 11 is 0. The minimum Gasteiger partial charge on any atom is -0.481 e. The van der Waals surface area contributed by atoms with E-state index in [2.05, 4.69) is 37.0 Å². The van der Waals surface area contributed by atoms with E-state index in [9.17, 15) is 19.8 Å². The van der Waals surface area contributed by atoms with Gasteiger partial charge in [-0.3, -0.25) is 19.1 Å². The van der Waals surface area contributed by atoms with Crippen LogP contribution in [0.1, 0.15) is 31.8 Å². The van der Waals surface area contributed by atoms with Crippen molar-refractivity contribution in [3.8, 4) is 11.8 Å². The molecule has 2 aromatic heterocycles. The van der Waals surface area contributed by atoms with Crippen molar-refractivity contribution in [1.29, 1.82) is 0 Å². The number of anilines is 1. The van der Waals surface area contributed by atoms with Crippen LogP contribution >= 0.6 is 0 Å². The number of piperidine rings is 1. The highest BCUT2D eigenvalue weighted by Gasteiger charge is 2.47. The maximum Gasteiger partial charge on any atom is 0.306 e. The summed E-state index contributed by atoms with van der Waals surface area (Å²) in [5.41, 5.74) is 6.54. The van der Waals surface area contributed by atoms with Gasteiger partial charge in [0.2, 0.25) is 5.82 Å². The number of carboxylic acids is 1. The van der Waals surface area contributed by atoms with E-state index in [0.29, 0.717) is 39.0 Å². The van der Waals surface area contributed by atoms with E-state index in [1.54, 1.807) is 6.92 Å². The van der Waals surface area contributed by atoms with Gasteiger partial charge in [0, 0.05) is 6.54 Å². The first-order chi connectivity index (χ1) is 16.3. The second-order valence-corrected chi connectivity index (χ2v) is 8.27. The first-order valence-corrected chi connectivity index (χ1v) is 11.0. The smallest absolute Gasteiger partial charge is 0.306 e. The third kappa shape index (κ3) is 4.66. The molecule has 1 amide bonds. The highest BCUT2D eigenvalue weighted by Crippen LogP contribution is 2.32. The van der Waals surface area contributed by atoms with Gasteiger partial charge in [0.1, 0.15) is 17.7 Å². The third-order valence-electron chi connectivity index (χ3n) is 6.01. The number of amides is 1. The van der Waals surface area contributed by atoms with Crippen molar-refractivity contribution in [1.82, 2.24) is 29.7 Å². The molecule has 13 nitrogen and oxygen atoms in total. The Labute approximate surface area is 194 Å². The highest BCUT2D eigenvalue weighted by atomic mass is 16.6. The topological polar surface area (TPSA) is 189 Å². The number of carboxylic acid groups (broad SMARTS) is 1. The lowest BCUT2D eigenvalue weighted by Gasteiger charge is -2.28. The maximum absolute atomic E-state index is 12.2. The largest absolute Gasteiger partial charge is 0.481 e. The van der Waals surface area contributed by atoms with Crippen molar-refractivity contribution < 1.29 is 29.6 Å². The van der Waals surface area contributed by atoms with Crippen LogP contribution in [0.2, 0.25) is 0 Å². The molecular formula is C21H27N7O6. The zero-order valence-electron chi connectivity index (χ0n) is 18.6. The average Bonchev–Trinajstić information content (AvgIpc) is 3.36. The Morgan fingerprint density at radius 2 is 2.00 bits per heavy atom. The number of carbonyl (C=O) groups excluding carboxylic acids is 1. The van der Waals surface area contributed by atoms with E-state index in [1.807, 2.05) is 0 Å². The minimum atomic E-state index is -1.43. The number of likely N-dealkylation sites (N-methyl/N-ethyl adjacent to an activating group) is 1. The number of aliphatic hydroxyl groups is 2. The number of rotatable bonds is 5. The summed E-state index contributed by atoms with van der Waals surface area (Å²) in [7, 11) is 0. The SMILES string of the molecule is CCNC(=O)C1O[C@H](n2cnc3c(N)nc(C#CCN4CCC(C(=O)O)CC4)nc32)C(O)C1O. The predicted octanol–water partition coefficient (Wildman–Crippen LogP) is -1.69. The number of fused-ring (bicyclic) bond motifs is 1. The normalized spacial score (nSPS) is 25.7. The summed E-state index contributed by atoms with van der Waals surface area (Å²) in [6.45, 7) is 3.80. The Balaban J connectivity index is 1.52. The lowest BCUT2D eigenvalue weighted by molar-refractivity contribution is -0.143. The summed E-state index contributed by atoms with van der Waals surface area (Å²) in [6.07, 6.45) is -2.68. The highest BCUT2D eigenvalue weighted by molar-refractivity contribution is 5.83. The predicted molar refractivity (Wildman–Crippen MR) is 118 cm³/mol. The van der Waals surface area contributed by atoms with Crippen molar-refractivity contribution in [2.45, 2.75) is 44.3 Å². The van der Waals surface area contributed by atoms with Gasteiger partial charge in [-0.25, -0.2) is 15.0 Å². The van der Waals surface area contributed by atoms with E-state index >= 15 is 0 Å². The molecule has 182 valence electrons. The fraction of sp³-hybridized carbons (Fsp3) is 0.571. The van der Waals surface area contributed by atoms with Gasteiger partial charge in [-0.1, -0.05) is 5.92 Å². The monoisotopic (exact) mass is 473 g/mol. The molecule has 0 aromatic carbocycles. The van der Waals surface area contributed by atoms with Crippen LogP contribution in [0.15, 0.2) is 6.33 Å². The zero-order valence-corrected chi connectivity index (χ0v) is 18.6. The lowest BCUT2D eigenvalue weighted by atomic mass is 9.97. The van der Waals surface area contributed by atoms with Crippen molar-refractivity contribution in [3.63, 3.8) is 0 Å². The van der Waals surface area contributed by atoms with Crippen LogP contribution in [0.5, 0.6) is 0 Å². The van der Waals surface area contributed by atoms with Crippen molar-refractivity contribution in [3.05, 3.63) is 12.2 Å². The molecule has 2 aromatic rings. The quantitative estimate of drug-likeness (QED) is 0.312. The molecule has 4 heterocycles. The molecule has 0 spiro atoms. The summed E-state index contributed by atoms with van der Waals surface area (Å²) in [5, 5.41) is 32.5. The molecule has 6 N–H and O–H groups in total. The molecule has 0 bridgehead atoms. The number of carbonyl (C=O) groups is 2. The van der Waals surface area contributed by atoms with Crippen LogP contribution in [-0.2, 0) is 14.3 Å². The van der Waals surface area contributed by atoms with Gasteiger partial charge < -0.3 is 31.1 Å². The fourth-order valence-electron chi connectivity index (χ4n) is 4.13. The van der Waals surface area contributed by atoms with Crippen LogP contribution in [0, 0.1) is 17.8 Å². The number of likely N-dealkylation sites (tertiary alicyclic amines) is 1. The molecular weight excluding hydrogens is 446 g/mol. The molecule has 13 heteroatoms. The number of nitrogen functional groups attached to an aromatic ring is 1. The molecule has 2 aliphatic heterocycles. The number of nitrogens with zero attached hydrogens (tertiary/aromatic N) is 5. The molecule has 0 aliphatic carbocycles. The Morgan fingerprint density at radius 1 is 1.26 bits per heavy atom. The zero-order chi connectivity index (χ0) is 24.4. The van der Waals surface area contributed by atoms with Crippen LogP contribution in [0.3, 0.4) is 0 Å². The fourth-order valence-corrected chi connectivity index (χ4v) is 4.13. The van der Waals surface area contributed by atoms with Gasteiger partial charge >= 0.3 is 5.97 Å². The third-order valence-corrected chi connectivity index (χ3v) is 6.01. The number of nitrogens with one attached hydrogen (secondary N) is 1. The van der Waals surface area contributed by atoms with Crippen LogP contribution in [-0.4, -0.2) is 96.1 Å². The van der Waals surface area contributed by atoms with Crippen LogP contribution in [0.25, 0.3) is 11.2 Å². The lowest BCUT2D eigenvalue weighted by Crippen LogP contribution is -2.42. The second-order valence-electron chi connectivity index (χ2n) is 8.27. The van der Waals surface area contributed by atoms with Gasteiger partial charge in [-0.05, 0) is 38.8 Å². The molecule has 3 unspecified atom stereocenters. The van der Waals surface area contributed by atoms with Crippen LogP contribution in [0.4, 0.5) is 5.82 Å². The maximum atomic E-state index is 12.2. The standard InChI is InChI=1S/C21H27N7O6/c1-2-23-19(31)16-14(29)15(30)20(34-16)28-10-24-13-17(22)25-12(26-18(13)28)4-3-7-27-8-5-11(6-9-27)21(32)33/h10-11,14-16,20,29-30H,2,5-9H2,1H3,(H,23,31)(H,32,33)(H2,22,25,26)/t14?,15?,16?,20-/m0/s1. The van der Waals surface area contributed by atoms with E-state index in [1.165, 1.54) is 10.9 Å². The number of aliphatic hydroxyl groups excluding tert-OH is 2. The van der Waals surface area contributed by atoms with Gasteiger partial charge in [-0.15, -0.1) is 0 Å². The Bertz CT molecular complexity index is 1130. The molecule has 2 saturated heterocycles. The van der Waals surface area contributed by atoms with Gasteiger partial charge in [-0.2, -0.15) is 0 Å². The van der Waals surface area contributed by atoms with Crippen molar-refractivity contribution >= 4 is 28.9 Å². The first-order valence-electron chi connectivity index (χ1n) is 11.0. The Kier molecular flexibility index (Phi) is 6.94. The summed E-state index contributed by atoms with van der Waals surface area (Å²) < 4.78 is 7.03. The molecule has 34 heavy (non-hydrogen) atoms. The second kappa shape index (κ2) is 9.90. The van der Waals surface area contributed by atoms with Gasteiger partial charge in [0.15, 0.2) is 23.8 Å². The van der Waals surface area contributed by atoms with Gasteiger partial charge in [0.25, 0.3) is 5.91 Å². The molecule has 0 saturated carbocycles. The first kappa shape index (κ1) is 23.8. The number of imidazole rings is 1. The Morgan fingerprint density at radius 3 is 2.68 bits per heavy atom. The number of ether oxygens (including phenoxy) is 1. The van der Waals surface area contributed by atoms with Crippen molar-refractivity contribution in [2.75, 3.05) is 31.9 Å². The molecule has 2 fully saturated rings. The number of nitrogens with two attached hydrogens (primary N) is 1. The summed E-state index contributed by atoms with van der Waals surface area (Å²) in [5.74, 6) is 4.47. The number of aromatic nitrogens is 4. The Hall–Kier alpha value is -3.31. The summed E-state index contributed by atoms with van der Waals surface area (Å²) in [4.78, 5) is 38.0. The number of hydrogen-bond acceptors (Lipinski definition) is 10.